The minimum atomic E-state index is -4.05. The molecule has 0 saturated carbocycles. The molecular formula is C23H24FNO5S. The van der Waals surface area contributed by atoms with E-state index in [0.29, 0.717) is 22.9 Å². The Morgan fingerprint density at radius 1 is 0.839 bits per heavy atom. The van der Waals surface area contributed by atoms with Crippen LogP contribution in [-0.2, 0) is 10.0 Å². The van der Waals surface area contributed by atoms with Crippen LogP contribution in [0.3, 0.4) is 0 Å². The third kappa shape index (κ3) is 4.59. The maximum absolute atomic E-state index is 13.7. The van der Waals surface area contributed by atoms with Gasteiger partial charge in [-0.25, -0.2) is 12.8 Å². The molecule has 31 heavy (non-hydrogen) atoms. The van der Waals surface area contributed by atoms with E-state index in [0.717, 1.165) is 17.7 Å². The van der Waals surface area contributed by atoms with Gasteiger partial charge >= 0.3 is 0 Å². The molecule has 8 heteroatoms. The van der Waals surface area contributed by atoms with Gasteiger partial charge in [0.25, 0.3) is 10.0 Å². The third-order valence-electron chi connectivity index (χ3n) is 4.92. The van der Waals surface area contributed by atoms with Gasteiger partial charge in [0.2, 0.25) is 0 Å². The summed E-state index contributed by atoms with van der Waals surface area (Å²) in [5.74, 6) is 0.949. The Morgan fingerprint density at radius 2 is 1.52 bits per heavy atom. The lowest BCUT2D eigenvalue weighted by Gasteiger charge is -2.31. The second-order valence-corrected chi connectivity index (χ2v) is 8.56. The number of sulfonamides is 1. The van der Waals surface area contributed by atoms with Gasteiger partial charge in [0.05, 0.1) is 38.0 Å². The van der Waals surface area contributed by atoms with Gasteiger partial charge in [0, 0.05) is 6.07 Å². The van der Waals surface area contributed by atoms with Crippen LogP contribution in [0.4, 0.5) is 10.1 Å². The standard InChI is InChI=1S/C23H24FNO5S/c1-16(17-6-5-7-20(14-17)28-2)25(19-10-13-22(29-3)23(15-19)30-4)31(26,27)21-11-8-18(24)9-12-21/h5-16H,1-4H3. The molecule has 0 heterocycles. The summed E-state index contributed by atoms with van der Waals surface area (Å²) in [7, 11) is 0.475. The van der Waals surface area contributed by atoms with Crippen molar-refractivity contribution in [3.05, 3.63) is 78.1 Å². The molecule has 3 aromatic carbocycles. The fourth-order valence-electron chi connectivity index (χ4n) is 3.29. The van der Waals surface area contributed by atoms with Crippen molar-refractivity contribution in [2.24, 2.45) is 0 Å². The van der Waals surface area contributed by atoms with Crippen molar-refractivity contribution >= 4 is 15.7 Å². The first-order chi connectivity index (χ1) is 14.8. The van der Waals surface area contributed by atoms with Crippen molar-refractivity contribution in [3.8, 4) is 17.2 Å². The largest absolute Gasteiger partial charge is 0.497 e. The van der Waals surface area contributed by atoms with Crippen LogP contribution in [-0.4, -0.2) is 29.7 Å². The number of methoxy groups -OCH3 is 3. The van der Waals surface area contributed by atoms with Crippen molar-refractivity contribution in [2.75, 3.05) is 25.6 Å². The van der Waals surface area contributed by atoms with E-state index in [-0.39, 0.29) is 4.90 Å². The number of ether oxygens (including phenoxy) is 3. The highest BCUT2D eigenvalue weighted by molar-refractivity contribution is 7.92. The Hall–Kier alpha value is -3.26. The highest BCUT2D eigenvalue weighted by Gasteiger charge is 2.31. The fraction of sp³-hybridized carbons (Fsp3) is 0.217. The predicted octanol–water partition coefficient (Wildman–Crippen LogP) is 4.81. The van der Waals surface area contributed by atoms with Crippen LogP contribution in [0.25, 0.3) is 0 Å². The van der Waals surface area contributed by atoms with Gasteiger partial charge < -0.3 is 14.2 Å². The number of hydrogen-bond acceptors (Lipinski definition) is 5. The zero-order valence-electron chi connectivity index (χ0n) is 17.7. The first-order valence-electron chi connectivity index (χ1n) is 9.47. The summed E-state index contributed by atoms with van der Waals surface area (Å²) in [6.45, 7) is 1.77. The van der Waals surface area contributed by atoms with E-state index in [2.05, 4.69) is 0 Å². The summed E-state index contributed by atoms with van der Waals surface area (Å²) in [4.78, 5) is -0.0292. The summed E-state index contributed by atoms with van der Waals surface area (Å²) in [5, 5.41) is 0. The van der Waals surface area contributed by atoms with Crippen LogP contribution >= 0.6 is 0 Å². The Labute approximate surface area is 181 Å². The van der Waals surface area contributed by atoms with E-state index >= 15 is 0 Å². The van der Waals surface area contributed by atoms with Crippen molar-refractivity contribution in [2.45, 2.75) is 17.9 Å². The predicted molar refractivity (Wildman–Crippen MR) is 117 cm³/mol. The van der Waals surface area contributed by atoms with Crippen LogP contribution in [0.1, 0.15) is 18.5 Å². The lowest BCUT2D eigenvalue weighted by molar-refractivity contribution is 0.355. The van der Waals surface area contributed by atoms with Gasteiger partial charge in [-0.15, -0.1) is 0 Å². The highest BCUT2D eigenvalue weighted by Crippen LogP contribution is 2.38. The molecule has 3 rings (SSSR count). The molecule has 1 atom stereocenters. The molecule has 0 bridgehead atoms. The number of nitrogens with zero attached hydrogens (tertiary/aromatic N) is 1. The molecule has 0 aromatic heterocycles. The summed E-state index contributed by atoms with van der Waals surface area (Å²) < 4.78 is 58.0. The Bertz CT molecular complexity index is 1150. The molecule has 3 aromatic rings. The molecule has 0 N–H and O–H groups in total. The van der Waals surface area contributed by atoms with E-state index in [1.165, 1.54) is 30.7 Å². The topological polar surface area (TPSA) is 65.1 Å². The van der Waals surface area contributed by atoms with Crippen LogP contribution in [0.2, 0.25) is 0 Å². The fourth-order valence-corrected chi connectivity index (χ4v) is 4.93. The normalized spacial score (nSPS) is 12.2. The average molecular weight is 446 g/mol. The van der Waals surface area contributed by atoms with E-state index < -0.39 is 21.9 Å². The second-order valence-electron chi connectivity index (χ2n) is 6.75. The highest BCUT2D eigenvalue weighted by atomic mass is 32.2. The zero-order valence-corrected chi connectivity index (χ0v) is 18.5. The second kappa shape index (κ2) is 9.26. The molecule has 1 unspecified atom stereocenters. The summed E-state index contributed by atoms with van der Waals surface area (Å²) in [5.41, 5.74) is 1.09. The summed E-state index contributed by atoms with van der Waals surface area (Å²) in [6, 6.07) is 16.2. The smallest absolute Gasteiger partial charge is 0.264 e. The minimum absolute atomic E-state index is 0.0292. The average Bonchev–Trinajstić information content (AvgIpc) is 2.79. The molecule has 164 valence electrons. The van der Waals surface area contributed by atoms with Gasteiger partial charge in [-0.1, -0.05) is 12.1 Å². The van der Waals surface area contributed by atoms with Gasteiger partial charge in [-0.3, -0.25) is 4.31 Å². The minimum Gasteiger partial charge on any atom is -0.497 e. The van der Waals surface area contributed by atoms with Gasteiger partial charge in [0.15, 0.2) is 11.5 Å². The molecule has 0 amide bonds. The van der Waals surface area contributed by atoms with E-state index in [1.54, 1.807) is 50.4 Å². The molecular weight excluding hydrogens is 421 g/mol. The molecule has 0 aliphatic heterocycles. The molecule has 0 aliphatic rings. The lowest BCUT2D eigenvalue weighted by atomic mass is 10.1. The number of halogens is 1. The summed E-state index contributed by atoms with van der Waals surface area (Å²) in [6.07, 6.45) is 0. The van der Waals surface area contributed by atoms with Gasteiger partial charge in [-0.2, -0.15) is 0 Å². The van der Waals surface area contributed by atoms with E-state index in [4.69, 9.17) is 14.2 Å². The third-order valence-corrected chi connectivity index (χ3v) is 6.83. The van der Waals surface area contributed by atoms with Crippen LogP contribution in [0.5, 0.6) is 17.2 Å². The van der Waals surface area contributed by atoms with Crippen LogP contribution < -0.4 is 18.5 Å². The van der Waals surface area contributed by atoms with Crippen molar-refractivity contribution in [3.63, 3.8) is 0 Å². The monoisotopic (exact) mass is 445 g/mol. The maximum Gasteiger partial charge on any atom is 0.264 e. The first kappa shape index (κ1) is 22.4. The summed E-state index contributed by atoms with van der Waals surface area (Å²) >= 11 is 0. The Kier molecular flexibility index (Phi) is 6.70. The van der Waals surface area contributed by atoms with E-state index in [9.17, 15) is 12.8 Å². The van der Waals surface area contributed by atoms with Crippen LogP contribution in [0.15, 0.2) is 71.6 Å². The van der Waals surface area contributed by atoms with E-state index in [1.807, 2.05) is 6.07 Å². The van der Waals surface area contributed by atoms with Crippen LogP contribution in [0, 0.1) is 5.82 Å². The molecule has 0 spiro atoms. The molecule has 0 saturated heterocycles. The number of rotatable bonds is 8. The molecule has 0 aliphatic carbocycles. The number of anilines is 1. The molecule has 6 nitrogen and oxygen atoms in total. The van der Waals surface area contributed by atoms with Crippen molar-refractivity contribution in [1.82, 2.24) is 0 Å². The maximum atomic E-state index is 13.7. The molecule has 0 fully saturated rings. The van der Waals surface area contributed by atoms with Crippen molar-refractivity contribution in [1.29, 1.82) is 0 Å². The Balaban J connectivity index is 2.19. The zero-order chi connectivity index (χ0) is 22.6. The first-order valence-corrected chi connectivity index (χ1v) is 10.9. The number of benzene rings is 3. The Morgan fingerprint density at radius 3 is 2.13 bits per heavy atom. The number of hydrogen-bond donors (Lipinski definition) is 0. The SMILES string of the molecule is COc1cccc(C(C)N(c2ccc(OC)c(OC)c2)S(=O)(=O)c2ccc(F)cc2)c1. The lowest BCUT2D eigenvalue weighted by Crippen LogP contribution is -2.33. The van der Waals surface area contributed by atoms with Gasteiger partial charge in [0.1, 0.15) is 11.6 Å². The molecule has 0 radical (unpaired) electrons. The van der Waals surface area contributed by atoms with Gasteiger partial charge in [-0.05, 0) is 61.0 Å². The quantitative estimate of drug-likeness (QED) is 0.498. The van der Waals surface area contributed by atoms with Crippen molar-refractivity contribution < 1.29 is 27.0 Å².